The minimum atomic E-state index is -1.28. The van der Waals surface area contributed by atoms with Crippen LogP contribution < -0.4 is 0 Å². The fraction of sp³-hybridized carbons (Fsp3) is 0.947. The Hall–Kier alpha value is -0.420. The van der Waals surface area contributed by atoms with Gasteiger partial charge in [0.2, 0.25) is 0 Å². The number of rotatable bonds is 7. The standard InChI is InChI=1S/C19H32O4S/c1-13(2)24(21)23-12-18(3,4)11-22-17(20)19-8-14-5-15(9-19)7-16(6-14)10-19/h13-16H,5-12H2,1-4H3. The molecule has 24 heavy (non-hydrogen) atoms. The quantitative estimate of drug-likeness (QED) is 0.650. The Kier molecular flexibility index (Phi) is 5.14. The van der Waals surface area contributed by atoms with Crippen LogP contribution in [0.5, 0.6) is 0 Å². The van der Waals surface area contributed by atoms with Crippen molar-refractivity contribution in [3.8, 4) is 0 Å². The minimum absolute atomic E-state index is 0.0136. The second-order valence-electron chi connectivity index (χ2n) is 9.51. The molecular weight excluding hydrogens is 324 g/mol. The van der Waals surface area contributed by atoms with E-state index in [9.17, 15) is 9.00 Å². The normalized spacial score (nSPS) is 36.1. The zero-order chi connectivity index (χ0) is 17.5. The van der Waals surface area contributed by atoms with E-state index in [1.165, 1.54) is 19.3 Å². The van der Waals surface area contributed by atoms with Crippen LogP contribution in [0.15, 0.2) is 0 Å². The SMILES string of the molecule is CC(C)S(=O)OCC(C)(C)COC(=O)C12CC3CC(CC(C3)C1)C2. The summed E-state index contributed by atoms with van der Waals surface area (Å²) in [7, 11) is 0. The van der Waals surface area contributed by atoms with Gasteiger partial charge in [0.05, 0.1) is 23.9 Å². The lowest BCUT2D eigenvalue weighted by Crippen LogP contribution is -2.51. The maximum absolute atomic E-state index is 12.9. The molecule has 4 aliphatic carbocycles. The maximum atomic E-state index is 12.9. The summed E-state index contributed by atoms with van der Waals surface area (Å²) in [6.45, 7) is 8.41. The molecule has 0 radical (unpaired) electrons. The van der Waals surface area contributed by atoms with Crippen LogP contribution in [0.4, 0.5) is 0 Å². The van der Waals surface area contributed by atoms with E-state index in [1.54, 1.807) is 0 Å². The Bertz CT molecular complexity index is 476. The second kappa shape index (κ2) is 6.71. The fourth-order valence-electron chi connectivity index (χ4n) is 5.17. The summed E-state index contributed by atoms with van der Waals surface area (Å²) in [5.74, 6) is 2.25. The summed E-state index contributed by atoms with van der Waals surface area (Å²) in [5.41, 5.74) is -0.519. The van der Waals surface area contributed by atoms with Crippen molar-refractivity contribution in [3.63, 3.8) is 0 Å². The van der Waals surface area contributed by atoms with Gasteiger partial charge in [0.25, 0.3) is 0 Å². The highest BCUT2D eigenvalue weighted by atomic mass is 32.2. The fourth-order valence-corrected chi connectivity index (χ4v) is 5.88. The molecular formula is C19H32O4S. The first kappa shape index (κ1) is 18.4. The van der Waals surface area contributed by atoms with Gasteiger partial charge in [-0.2, -0.15) is 0 Å². The van der Waals surface area contributed by atoms with E-state index in [1.807, 2.05) is 27.7 Å². The molecule has 0 spiro atoms. The predicted molar refractivity (Wildman–Crippen MR) is 94.6 cm³/mol. The molecule has 4 rings (SSSR count). The first-order valence-corrected chi connectivity index (χ1v) is 10.5. The molecule has 4 fully saturated rings. The molecule has 4 aliphatic rings. The van der Waals surface area contributed by atoms with Gasteiger partial charge in [0.15, 0.2) is 11.1 Å². The average molecular weight is 357 g/mol. The average Bonchev–Trinajstić information content (AvgIpc) is 2.49. The lowest BCUT2D eigenvalue weighted by atomic mass is 9.49. The summed E-state index contributed by atoms with van der Waals surface area (Å²) in [5, 5.41) is -0.0182. The summed E-state index contributed by atoms with van der Waals surface area (Å²) in [6, 6.07) is 0. The van der Waals surface area contributed by atoms with Crippen molar-refractivity contribution in [3.05, 3.63) is 0 Å². The Morgan fingerprint density at radius 1 is 1.08 bits per heavy atom. The highest BCUT2D eigenvalue weighted by molar-refractivity contribution is 7.80. The van der Waals surface area contributed by atoms with Crippen LogP contribution >= 0.6 is 0 Å². The Morgan fingerprint density at radius 2 is 1.58 bits per heavy atom. The molecule has 138 valence electrons. The molecule has 0 aromatic heterocycles. The maximum Gasteiger partial charge on any atom is 0.312 e. The van der Waals surface area contributed by atoms with Gasteiger partial charge in [0, 0.05) is 5.41 Å². The van der Waals surface area contributed by atoms with Gasteiger partial charge in [-0.05, 0) is 70.1 Å². The number of carbonyl (C=O) groups excluding carboxylic acids is 1. The van der Waals surface area contributed by atoms with Crippen LogP contribution in [0.25, 0.3) is 0 Å². The number of ether oxygens (including phenoxy) is 1. The van der Waals surface area contributed by atoms with E-state index in [-0.39, 0.29) is 22.0 Å². The molecule has 5 heteroatoms. The van der Waals surface area contributed by atoms with Crippen LogP contribution in [0, 0.1) is 28.6 Å². The summed E-state index contributed by atoms with van der Waals surface area (Å²) in [4.78, 5) is 12.9. The van der Waals surface area contributed by atoms with Gasteiger partial charge in [-0.15, -0.1) is 0 Å². The van der Waals surface area contributed by atoms with Crippen LogP contribution in [-0.4, -0.2) is 28.6 Å². The second-order valence-corrected chi connectivity index (χ2v) is 11.2. The van der Waals surface area contributed by atoms with Gasteiger partial charge < -0.3 is 4.74 Å². The molecule has 0 N–H and O–H groups in total. The van der Waals surface area contributed by atoms with Gasteiger partial charge >= 0.3 is 5.97 Å². The largest absolute Gasteiger partial charge is 0.465 e. The molecule has 0 aromatic rings. The van der Waals surface area contributed by atoms with E-state index in [2.05, 4.69) is 0 Å². The molecule has 4 saturated carbocycles. The zero-order valence-electron chi connectivity index (χ0n) is 15.5. The van der Waals surface area contributed by atoms with Crippen molar-refractivity contribution in [1.29, 1.82) is 0 Å². The molecule has 0 heterocycles. The Labute approximate surface area is 148 Å². The van der Waals surface area contributed by atoms with Crippen LogP contribution in [-0.2, 0) is 24.8 Å². The highest BCUT2D eigenvalue weighted by Gasteiger charge is 2.55. The first-order chi connectivity index (χ1) is 11.2. The molecule has 0 saturated heterocycles. The molecule has 1 atom stereocenters. The van der Waals surface area contributed by atoms with Gasteiger partial charge in [-0.3, -0.25) is 8.98 Å². The predicted octanol–water partition coefficient (Wildman–Crippen LogP) is 3.86. The zero-order valence-corrected chi connectivity index (χ0v) is 16.3. The van der Waals surface area contributed by atoms with E-state index < -0.39 is 11.1 Å². The van der Waals surface area contributed by atoms with Gasteiger partial charge in [0.1, 0.15) is 0 Å². The van der Waals surface area contributed by atoms with Crippen LogP contribution in [0.2, 0.25) is 0 Å². The molecule has 0 aromatic carbocycles. The summed E-state index contributed by atoms with van der Waals surface area (Å²) < 4.78 is 22.9. The number of esters is 1. The molecule has 0 amide bonds. The van der Waals surface area contributed by atoms with Crippen molar-refractivity contribution >= 4 is 17.0 Å². The van der Waals surface area contributed by atoms with Crippen molar-refractivity contribution in [1.82, 2.24) is 0 Å². The molecule has 4 nitrogen and oxygen atoms in total. The molecule has 4 bridgehead atoms. The highest BCUT2D eigenvalue weighted by Crippen LogP contribution is 2.60. The third-order valence-corrected chi connectivity index (χ3v) is 7.14. The van der Waals surface area contributed by atoms with Crippen LogP contribution in [0.1, 0.15) is 66.2 Å². The summed E-state index contributed by atoms with van der Waals surface area (Å²) >= 11 is -1.28. The molecule has 1 unspecified atom stereocenters. The summed E-state index contributed by atoms with van der Waals surface area (Å²) in [6.07, 6.45) is 7.08. The van der Waals surface area contributed by atoms with Crippen molar-refractivity contribution in [2.75, 3.05) is 13.2 Å². The van der Waals surface area contributed by atoms with Crippen LogP contribution in [0.3, 0.4) is 0 Å². The number of hydrogen-bond acceptors (Lipinski definition) is 4. The Balaban J connectivity index is 1.52. The van der Waals surface area contributed by atoms with Crippen molar-refractivity contribution in [2.24, 2.45) is 28.6 Å². The van der Waals surface area contributed by atoms with E-state index in [4.69, 9.17) is 8.92 Å². The van der Waals surface area contributed by atoms with E-state index in [0.717, 1.165) is 37.0 Å². The lowest BCUT2D eigenvalue weighted by Gasteiger charge is -2.55. The lowest BCUT2D eigenvalue weighted by molar-refractivity contribution is -0.175. The third-order valence-electron chi connectivity index (χ3n) is 6.02. The van der Waals surface area contributed by atoms with E-state index in [0.29, 0.717) is 13.2 Å². The molecule has 0 aliphatic heterocycles. The third kappa shape index (κ3) is 3.87. The van der Waals surface area contributed by atoms with E-state index >= 15 is 0 Å². The van der Waals surface area contributed by atoms with Crippen molar-refractivity contribution in [2.45, 2.75) is 71.5 Å². The first-order valence-electron chi connectivity index (χ1n) is 9.40. The minimum Gasteiger partial charge on any atom is -0.465 e. The topological polar surface area (TPSA) is 52.6 Å². The van der Waals surface area contributed by atoms with Gasteiger partial charge in [-0.1, -0.05) is 13.8 Å². The monoisotopic (exact) mass is 356 g/mol. The Morgan fingerprint density at radius 3 is 2.04 bits per heavy atom. The smallest absolute Gasteiger partial charge is 0.312 e. The number of carbonyl (C=O) groups is 1. The van der Waals surface area contributed by atoms with Crippen molar-refractivity contribution < 1.29 is 17.9 Å². The number of hydrogen-bond donors (Lipinski definition) is 0. The van der Waals surface area contributed by atoms with Gasteiger partial charge in [-0.25, -0.2) is 4.21 Å².